The maximum Gasteiger partial charge on any atom is 0.249 e. The molecule has 1 amide bonds. The quantitative estimate of drug-likeness (QED) is 0.901. The number of anilines is 1. The molecule has 0 aliphatic rings. The molecule has 20 heavy (non-hydrogen) atoms. The first-order valence-electron chi connectivity index (χ1n) is 5.85. The summed E-state index contributed by atoms with van der Waals surface area (Å²) in [7, 11) is 0. The molecule has 4 nitrogen and oxygen atoms in total. The van der Waals surface area contributed by atoms with Crippen LogP contribution in [0, 0.1) is 12.7 Å². The van der Waals surface area contributed by atoms with Crippen LogP contribution in [0.2, 0.25) is 5.02 Å². The Morgan fingerprint density at radius 3 is 2.80 bits per heavy atom. The van der Waals surface area contributed by atoms with Gasteiger partial charge in [-0.15, -0.1) is 0 Å². The molecule has 0 radical (unpaired) electrons. The molecule has 7 heteroatoms. The van der Waals surface area contributed by atoms with E-state index in [-0.39, 0.29) is 11.6 Å². The lowest BCUT2D eigenvalue weighted by Crippen LogP contribution is -2.24. The van der Waals surface area contributed by atoms with Gasteiger partial charge in [0.25, 0.3) is 0 Å². The normalized spacial score (nSPS) is 12.2. The molecule has 2 rings (SSSR count). The van der Waals surface area contributed by atoms with Gasteiger partial charge in [-0.3, -0.25) is 9.48 Å². The van der Waals surface area contributed by atoms with E-state index < -0.39 is 11.9 Å². The van der Waals surface area contributed by atoms with Crippen molar-refractivity contribution < 1.29 is 9.18 Å². The van der Waals surface area contributed by atoms with Crippen LogP contribution in [-0.2, 0) is 4.79 Å². The highest BCUT2D eigenvalue weighted by Crippen LogP contribution is 2.21. The van der Waals surface area contributed by atoms with E-state index in [4.69, 9.17) is 11.6 Å². The molecular weight excluding hydrogens is 349 g/mol. The van der Waals surface area contributed by atoms with Gasteiger partial charge in [0, 0.05) is 10.7 Å². The Morgan fingerprint density at radius 2 is 2.25 bits per heavy atom. The van der Waals surface area contributed by atoms with Crippen molar-refractivity contribution in [1.82, 2.24) is 9.78 Å². The Labute approximate surface area is 129 Å². The monoisotopic (exact) mass is 359 g/mol. The number of carbonyl (C=O) groups excluding carboxylic acids is 1. The van der Waals surface area contributed by atoms with Crippen molar-refractivity contribution in [3.05, 3.63) is 45.4 Å². The Bertz CT molecular complexity index is 640. The number of nitrogens with one attached hydrogen (secondary N) is 1. The first-order valence-corrected chi connectivity index (χ1v) is 7.02. The van der Waals surface area contributed by atoms with Crippen molar-refractivity contribution in [2.24, 2.45) is 0 Å². The number of hydrogen-bond donors (Lipinski definition) is 1. The zero-order valence-corrected chi connectivity index (χ0v) is 13.2. The Balaban J connectivity index is 2.15. The highest BCUT2D eigenvalue weighted by molar-refractivity contribution is 9.10. The minimum absolute atomic E-state index is 0.125. The van der Waals surface area contributed by atoms with Crippen molar-refractivity contribution >= 4 is 39.1 Å². The van der Waals surface area contributed by atoms with E-state index in [9.17, 15) is 9.18 Å². The molecule has 0 fully saturated rings. The topological polar surface area (TPSA) is 46.9 Å². The van der Waals surface area contributed by atoms with Crippen molar-refractivity contribution in [2.75, 3.05) is 5.32 Å². The summed E-state index contributed by atoms with van der Waals surface area (Å²) in [6, 6.07) is 3.84. The largest absolute Gasteiger partial charge is 0.322 e. The molecule has 0 spiro atoms. The SMILES string of the molecule is Cc1nn(C(C)C(=O)Nc2ccc(Br)cc2F)cc1Cl. The maximum atomic E-state index is 13.7. The fourth-order valence-electron chi connectivity index (χ4n) is 1.61. The summed E-state index contributed by atoms with van der Waals surface area (Å²) < 4.78 is 15.7. The van der Waals surface area contributed by atoms with Crippen LogP contribution < -0.4 is 5.32 Å². The van der Waals surface area contributed by atoms with Gasteiger partial charge in [-0.2, -0.15) is 5.10 Å². The number of nitrogens with zero attached hydrogens (tertiary/aromatic N) is 2. The van der Waals surface area contributed by atoms with E-state index in [1.807, 2.05) is 0 Å². The Hall–Kier alpha value is -1.40. The van der Waals surface area contributed by atoms with Gasteiger partial charge in [-0.1, -0.05) is 27.5 Å². The van der Waals surface area contributed by atoms with Crippen molar-refractivity contribution in [2.45, 2.75) is 19.9 Å². The molecule has 0 saturated heterocycles. The summed E-state index contributed by atoms with van der Waals surface area (Å²) in [5.74, 6) is -0.875. The van der Waals surface area contributed by atoms with Gasteiger partial charge in [0.05, 0.1) is 16.4 Å². The maximum absolute atomic E-state index is 13.7. The number of halogens is 3. The van der Waals surface area contributed by atoms with Gasteiger partial charge in [0.1, 0.15) is 11.9 Å². The van der Waals surface area contributed by atoms with E-state index in [2.05, 4.69) is 26.3 Å². The molecule has 2 aromatic rings. The molecule has 0 aliphatic heterocycles. The molecule has 1 aromatic heterocycles. The fourth-order valence-corrected chi connectivity index (χ4v) is 2.08. The van der Waals surface area contributed by atoms with Crippen molar-refractivity contribution in [3.63, 3.8) is 0 Å². The van der Waals surface area contributed by atoms with Crippen LogP contribution in [0.3, 0.4) is 0 Å². The average molecular weight is 361 g/mol. The summed E-state index contributed by atoms with van der Waals surface area (Å²) in [5.41, 5.74) is 0.765. The minimum Gasteiger partial charge on any atom is -0.322 e. The van der Waals surface area contributed by atoms with Crippen LogP contribution in [0.15, 0.2) is 28.9 Å². The third-order valence-corrected chi connectivity index (χ3v) is 3.69. The van der Waals surface area contributed by atoms with E-state index in [1.165, 1.54) is 16.8 Å². The number of aromatic nitrogens is 2. The third-order valence-electron chi connectivity index (χ3n) is 2.82. The predicted molar refractivity (Wildman–Crippen MR) is 79.4 cm³/mol. The van der Waals surface area contributed by atoms with Crippen LogP contribution in [-0.4, -0.2) is 15.7 Å². The van der Waals surface area contributed by atoms with Gasteiger partial charge in [-0.25, -0.2) is 4.39 Å². The molecule has 1 N–H and O–H groups in total. The number of aryl methyl sites for hydroxylation is 1. The van der Waals surface area contributed by atoms with E-state index in [0.717, 1.165) is 0 Å². The summed E-state index contributed by atoms with van der Waals surface area (Å²) in [4.78, 5) is 12.1. The molecule has 1 heterocycles. The first-order chi connectivity index (χ1) is 9.38. The zero-order valence-electron chi connectivity index (χ0n) is 10.8. The third kappa shape index (κ3) is 3.19. The Morgan fingerprint density at radius 1 is 1.55 bits per heavy atom. The average Bonchev–Trinajstić information content (AvgIpc) is 2.72. The highest BCUT2D eigenvalue weighted by Gasteiger charge is 2.18. The lowest BCUT2D eigenvalue weighted by atomic mass is 10.2. The molecule has 0 saturated carbocycles. The number of amides is 1. The lowest BCUT2D eigenvalue weighted by molar-refractivity contribution is -0.119. The molecule has 0 bridgehead atoms. The van der Waals surface area contributed by atoms with Crippen LogP contribution >= 0.6 is 27.5 Å². The molecule has 1 atom stereocenters. The van der Waals surface area contributed by atoms with Crippen LogP contribution in [0.4, 0.5) is 10.1 Å². The number of carbonyl (C=O) groups is 1. The summed E-state index contributed by atoms with van der Waals surface area (Å²) >= 11 is 9.06. The van der Waals surface area contributed by atoms with Gasteiger partial charge in [0.2, 0.25) is 5.91 Å². The summed E-state index contributed by atoms with van der Waals surface area (Å²) in [5, 5.41) is 7.14. The van der Waals surface area contributed by atoms with Crippen LogP contribution in [0.1, 0.15) is 18.7 Å². The molecule has 106 valence electrons. The molecule has 1 aromatic carbocycles. The van der Waals surface area contributed by atoms with Gasteiger partial charge < -0.3 is 5.32 Å². The Kier molecular flexibility index (Phi) is 4.45. The molecular formula is C13H12BrClFN3O. The molecule has 0 aliphatic carbocycles. The van der Waals surface area contributed by atoms with Crippen LogP contribution in [0.5, 0.6) is 0 Å². The second-order valence-corrected chi connectivity index (χ2v) is 5.65. The first kappa shape index (κ1) is 15.0. The fraction of sp³-hybridized carbons (Fsp3) is 0.231. The number of rotatable bonds is 3. The second kappa shape index (κ2) is 5.93. The van der Waals surface area contributed by atoms with Gasteiger partial charge >= 0.3 is 0 Å². The predicted octanol–water partition coefficient (Wildman–Crippen LogP) is 3.95. The second-order valence-electron chi connectivity index (χ2n) is 4.33. The summed E-state index contributed by atoms with van der Waals surface area (Å²) in [6.45, 7) is 3.41. The summed E-state index contributed by atoms with van der Waals surface area (Å²) in [6.07, 6.45) is 1.57. The van der Waals surface area contributed by atoms with E-state index >= 15 is 0 Å². The van der Waals surface area contributed by atoms with Crippen molar-refractivity contribution in [1.29, 1.82) is 0 Å². The van der Waals surface area contributed by atoms with Gasteiger partial charge in [0.15, 0.2) is 0 Å². The number of benzene rings is 1. The van der Waals surface area contributed by atoms with Gasteiger partial charge in [-0.05, 0) is 32.0 Å². The standard InChI is InChI=1S/C13H12BrClFN3O/c1-7-10(15)6-19(18-7)8(2)13(20)17-12-4-3-9(14)5-11(12)16/h3-6,8H,1-2H3,(H,17,20). The number of hydrogen-bond acceptors (Lipinski definition) is 2. The van der Waals surface area contributed by atoms with Crippen molar-refractivity contribution in [3.8, 4) is 0 Å². The smallest absolute Gasteiger partial charge is 0.249 e. The van der Waals surface area contributed by atoms with E-state index in [1.54, 1.807) is 26.1 Å². The van der Waals surface area contributed by atoms with E-state index in [0.29, 0.717) is 15.2 Å². The van der Waals surface area contributed by atoms with Crippen LogP contribution in [0.25, 0.3) is 0 Å². The zero-order chi connectivity index (χ0) is 14.9. The minimum atomic E-state index is -0.593. The highest BCUT2D eigenvalue weighted by atomic mass is 79.9. The molecule has 1 unspecified atom stereocenters. The lowest BCUT2D eigenvalue weighted by Gasteiger charge is -2.13.